The molecular formula is C13H21ClO. The first-order valence-electron chi connectivity index (χ1n) is 6.24. The van der Waals surface area contributed by atoms with E-state index in [1.54, 1.807) is 0 Å². The maximum absolute atomic E-state index is 6.07. The van der Waals surface area contributed by atoms with Gasteiger partial charge in [0.2, 0.25) is 0 Å². The zero-order valence-electron chi connectivity index (χ0n) is 9.38. The van der Waals surface area contributed by atoms with Crippen LogP contribution in [0, 0.1) is 11.8 Å². The van der Waals surface area contributed by atoms with Gasteiger partial charge >= 0.3 is 0 Å². The summed E-state index contributed by atoms with van der Waals surface area (Å²) in [6.07, 6.45) is 10.5. The lowest BCUT2D eigenvalue weighted by molar-refractivity contribution is 0.191. The summed E-state index contributed by atoms with van der Waals surface area (Å²) in [5.74, 6) is 2.14. The summed E-state index contributed by atoms with van der Waals surface area (Å²) < 4.78 is 5.40. The van der Waals surface area contributed by atoms with Gasteiger partial charge in [0.25, 0.3) is 0 Å². The van der Waals surface area contributed by atoms with E-state index in [2.05, 4.69) is 6.08 Å². The monoisotopic (exact) mass is 228 g/mol. The van der Waals surface area contributed by atoms with Crippen LogP contribution in [0.15, 0.2) is 11.6 Å². The van der Waals surface area contributed by atoms with Gasteiger partial charge in [0.15, 0.2) is 0 Å². The van der Waals surface area contributed by atoms with Crippen molar-refractivity contribution in [3.05, 3.63) is 11.6 Å². The van der Waals surface area contributed by atoms with Crippen molar-refractivity contribution in [2.24, 2.45) is 11.8 Å². The summed E-state index contributed by atoms with van der Waals surface area (Å²) in [7, 11) is 0. The number of ether oxygens (including phenoxy) is 1. The Balaban J connectivity index is 1.94. The summed E-state index contributed by atoms with van der Waals surface area (Å²) >= 11 is 6.07. The number of hydrogen-bond acceptors (Lipinski definition) is 1. The Kier molecular flexibility index (Phi) is 4.52. The number of alkyl halides is 1. The molecule has 2 fully saturated rings. The molecule has 0 bridgehead atoms. The molecule has 1 nitrogen and oxygen atoms in total. The summed E-state index contributed by atoms with van der Waals surface area (Å²) in [5.41, 5.74) is 1.49. The summed E-state index contributed by atoms with van der Waals surface area (Å²) in [6.45, 7) is 1.84. The standard InChI is InChI=1S/C13H21ClO/c14-9-13(8-11-6-7-15-10-11)12-4-2-1-3-5-12/h8,11-12H,1-7,9-10H2/b13-8-. The highest BCUT2D eigenvalue weighted by atomic mass is 35.5. The fourth-order valence-electron chi connectivity index (χ4n) is 2.75. The fraction of sp³-hybridized carbons (Fsp3) is 0.846. The topological polar surface area (TPSA) is 9.23 Å². The van der Waals surface area contributed by atoms with Crippen LogP contribution < -0.4 is 0 Å². The lowest BCUT2D eigenvalue weighted by Gasteiger charge is -2.24. The molecule has 2 rings (SSSR count). The van der Waals surface area contributed by atoms with Crippen LogP contribution in [0.3, 0.4) is 0 Å². The SMILES string of the molecule is ClC/C(=C/C1CCOC1)C1CCCCC1. The van der Waals surface area contributed by atoms with Crippen molar-refractivity contribution in [1.82, 2.24) is 0 Å². The minimum absolute atomic E-state index is 0.640. The molecule has 1 atom stereocenters. The van der Waals surface area contributed by atoms with E-state index in [-0.39, 0.29) is 0 Å². The zero-order chi connectivity index (χ0) is 10.5. The van der Waals surface area contributed by atoms with Crippen molar-refractivity contribution in [2.45, 2.75) is 38.5 Å². The van der Waals surface area contributed by atoms with Gasteiger partial charge in [-0.05, 0) is 25.2 Å². The van der Waals surface area contributed by atoms with Crippen LogP contribution in [0.5, 0.6) is 0 Å². The van der Waals surface area contributed by atoms with Crippen molar-refractivity contribution < 1.29 is 4.74 Å². The van der Waals surface area contributed by atoms with E-state index < -0.39 is 0 Å². The quantitative estimate of drug-likeness (QED) is 0.528. The van der Waals surface area contributed by atoms with Crippen LogP contribution in [0.25, 0.3) is 0 Å². The van der Waals surface area contributed by atoms with E-state index in [0.29, 0.717) is 5.92 Å². The molecule has 2 aliphatic rings. The van der Waals surface area contributed by atoms with Crippen LogP contribution in [0.4, 0.5) is 0 Å². The summed E-state index contributed by atoms with van der Waals surface area (Å²) in [6, 6.07) is 0. The third-order valence-electron chi connectivity index (χ3n) is 3.70. The van der Waals surface area contributed by atoms with Gasteiger partial charge in [0.05, 0.1) is 6.61 Å². The first-order chi connectivity index (χ1) is 7.40. The molecule has 1 aliphatic heterocycles. The fourth-order valence-corrected chi connectivity index (χ4v) is 3.06. The van der Waals surface area contributed by atoms with Gasteiger partial charge in [-0.1, -0.05) is 30.9 Å². The van der Waals surface area contributed by atoms with Crippen LogP contribution >= 0.6 is 11.6 Å². The average molecular weight is 229 g/mol. The Morgan fingerprint density at radius 1 is 1.20 bits per heavy atom. The second-order valence-electron chi connectivity index (χ2n) is 4.83. The first kappa shape index (κ1) is 11.5. The predicted molar refractivity (Wildman–Crippen MR) is 64.3 cm³/mol. The van der Waals surface area contributed by atoms with E-state index in [1.165, 1.54) is 44.1 Å². The molecule has 1 unspecified atom stereocenters. The molecule has 0 aromatic rings. The van der Waals surface area contributed by atoms with Crippen LogP contribution in [-0.2, 0) is 4.74 Å². The Labute approximate surface area is 97.8 Å². The van der Waals surface area contributed by atoms with E-state index in [9.17, 15) is 0 Å². The van der Waals surface area contributed by atoms with Crippen molar-refractivity contribution in [2.75, 3.05) is 19.1 Å². The van der Waals surface area contributed by atoms with Crippen LogP contribution in [0.2, 0.25) is 0 Å². The normalized spacial score (nSPS) is 29.7. The van der Waals surface area contributed by atoms with Crippen molar-refractivity contribution in [3.63, 3.8) is 0 Å². The highest BCUT2D eigenvalue weighted by molar-refractivity contribution is 6.19. The molecule has 1 aliphatic carbocycles. The van der Waals surface area contributed by atoms with E-state index in [4.69, 9.17) is 16.3 Å². The number of allylic oxidation sites excluding steroid dienone is 1. The number of halogens is 1. The van der Waals surface area contributed by atoms with Crippen molar-refractivity contribution in [3.8, 4) is 0 Å². The average Bonchev–Trinajstić information content (AvgIpc) is 2.80. The Bertz CT molecular complexity index is 213. The molecule has 0 aromatic carbocycles. The number of rotatable bonds is 3. The molecule has 0 amide bonds. The molecule has 1 heterocycles. The highest BCUT2D eigenvalue weighted by Crippen LogP contribution is 2.31. The summed E-state index contributed by atoms with van der Waals surface area (Å²) in [5, 5.41) is 0. The Morgan fingerprint density at radius 3 is 2.60 bits per heavy atom. The molecule has 1 saturated heterocycles. The second-order valence-corrected chi connectivity index (χ2v) is 5.10. The molecule has 15 heavy (non-hydrogen) atoms. The van der Waals surface area contributed by atoms with Crippen molar-refractivity contribution in [1.29, 1.82) is 0 Å². The van der Waals surface area contributed by atoms with Gasteiger partial charge in [-0.2, -0.15) is 0 Å². The van der Waals surface area contributed by atoms with E-state index in [1.807, 2.05) is 0 Å². The second kappa shape index (κ2) is 5.91. The van der Waals surface area contributed by atoms with Gasteiger partial charge in [0, 0.05) is 18.4 Å². The lowest BCUT2D eigenvalue weighted by atomic mass is 9.83. The smallest absolute Gasteiger partial charge is 0.0529 e. The van der Waals surface area contributed by atoms with Gasteiger partial charge in [-0.3, -0.25) is 0 Å². The molecule has 1 saturated carbocycles. The Hall–Kier alpha value is -0.0100. The third-order valence-corrected chi connectivity index (χ3v) is 4.01. The number of hydrogen-bond donors (Lipinski definition) is 0. The minimum Gasteiger partial charge on any atom is -0.381 e. The molecular weight excluding hydrogens is 208 g/mol. The van der Waals surface area contributed by atoms with Gasteiger partial charge in [-0.25, -0.2) is 0 Å². The molecule has 2 heteroatoms. The van der Waals surface area contributed by atoms with Gasteiger partial charge in [-0.15, -0.1) is 11.6 Å². The third kappa shape index (κ3) is 3.22. The largest absolute Gasteiger partial charge is 0.381 e. The first-order valence-corrected chi connectivity index (χ1v) is 6.78. The van der Waals surface area contributed by atoms with Crippen LogP contribution in [-0.4, -0.2) is 19.1 Å². The molecule has 0 radical (unpaired) electrons. The zero-order valence-corrected chi connectivity index (χ0v) is 10.1. The highest BCUT2D eigenvalue weighted by Gasteiger charge is 2.20. The van der Waals surface area contributed by atoms with Crippen molar-refractivity contribution >= 4 is 11.6 Å². The van der Waals surface area contributed by atoms with E-state index in [0.717, 1.165) is 25.0 Å². The molecule has 0 spiro atoms. The Morgan fingerprint density at radius 2 is 2.00 bits per heavy atom. The van der Waals surface area contributed by atoms with Gasteiger partial charge in [0.1, 0.15) is 0 Å². The maximum atomic E-state index is 6.07. The predicted octanol–water partition coefficient (Wildman–Crippen LogP) is 3.77. The minimum atomic E-state index is 0.640. The van der Waals surface area contributed by atoms with Gasteiger partial charge < -0.3 is 4.74 Å². The molecule has 0 aromatic heterocycles. The van der Waals surface area contributed by atoms with E-state index >= 15 is 0 Å². The molecule has 86 valence electrons. The maximum Gasteiger partial charge on any atom is 0.0529 e. The lowest BCUT2D eigenvalue weighted by Crippen LogP contribution is -2.12. The van der Waals surface area contributed by atoms with Crippen LogP contribution in [0.1, 0.15) is 38.5 Å². The summed E-state index contributed by atoms with van der Waals surface area (Å²) in [4.78, 5) is 0. The molecule has 0 N–H and O–H groups in total.